The average Bonchev–Trinajstić information content (AvgIpc) is 2.36. The van der Waals surface area contributed by atoms with Gasteiger partial charge in [0.25, 0.3) is 0 Å². The predicted molar refractivity (Wildman–Crippen MR) is 77.6 cm³/mol. The van der Waals surface area contributed by atoms with Crippen LogP contribution in [-0.4, -0.2) is 19.0 Å². The Labute approximate surface area is 113 Å². The minimum Gasteiger partial charge on any atom is -0.381 e. The largest absolute Gasteiger partial charge is 0.381 e. The third kappa shape index (κ3) is 4.38. The Balaban J connectivity index is 1.99. The van der Waals surface area contributed by atoms with Crippen molar-refractivity contribution in [3.05, 3.63) is 65.5 Å². The fourth-order valence-electron chi connectivity index (χ4n) is 2.00. The van der Waals surface area contributed by atoms with Crippen molar-refractivity contribution in [1.29, 1.82) is 0 Å². The van der Waals surface area contributed by atoms with Gasteiger partial charge in [0.2, 0.25) is 0 Å². The van der Waals surface area contributed by atoms with Crippen molar-refractivity contribution in [1.82, 2.24) is 4.90 Å². The minimum atomic E-state index is -0.194. The summed E-state index contributed by atoms with van der Waals surface area (Å²) < 4.78 is 13.1. The molecule has 0 aliphatic heterocycles. The van der Waals surface area contributed by atoms with Crippen LogP contribution in [0, 0.1) is 5.82 Å². The summed E-state index contributed by atoms with van der Waals surface area (Å²) in [7, 11) is 4.10. The van der Waals surface area contributed by atoms with Crippen LogP contribution in [0.4, 0.5) is 10.1 Å². The van der Waals surface area contributed by atoms with Crippen molar-refractivity contribution in [3.8, 4) is 0 Å². The molecular formula is C16H19FN2. The Bertz CT molecular complexity index is 538. The molecule has 100 valence electrons. The second kappa shape index (κ2) is 6.34. The Morgan fingerprint density at radius 2 is 1.74 bits per heavy atom. The molecule has 0 unspecified atom stereocenters. The number of anilines is 1. The normalized spacial score (nSPS) is 10.7. The number of nitrogens with zero attached hydrogens (tertiary/aromatic N) is 1. The molecule has 0 radical (unpaired) electrons. The number of halogens is 1. The molecule has 0 amide bonds. The molecule has 19 heavy (non-hydrogen) atoms. The van der Waals surface area contributed by atoms with Gasteiger partial charge < -0.3 is 10.2 Å². The first-order valence-electron chi connectivity index (χ1n) is 6.35. The van der Waals surface area contributed by atoms with E-state index in [-0.39, 0.29) is 5.82 Å². The lowest BCUT2D eigenvalue weighted by Gasteiger charge is -2.12. The smallest absolute Gasteiger partial charge is 0.123 e. The lowest BCUT2D eigenvalue weighted by Crippen LogP contribution is -2.10. The highest BCUT2D eigenvalue weighted by molar-refractivity contribution is 5.46. The van der Waals surface area contributed by atoms with Crippen LogP contribution >= 0.6 is 0 Å². The maximum atomic E-state index is 13.1. The number of rotatable bonds is 5. The monoisotopic (exact) mass is 258 g/mol. The van der Waals surface area contributed by atoms with Gasteiger partial charge in [0.15, 0.2) is 0 Å². The Morgan fingerprint density at radius 3 is 2.47 bits per heavy atom. The Kier molecular flexibility index (Phi) is 4.53. The van der Waals surface area contributed by atoms with Gasteiger partial charge in [-0.25, -0.2) is 4.39 Å². The van der Waals surface area contributed by atoms with Crippen molar-refractivity contribution < 1.29 is 4.39 Å². The SMILES string of the molecule is CN(C)Cc1cccc(NCc2cccc(F)c2)c1. The maximum Gasteiger partial charge on any atom is 0.123 e. The van der Waals surface area contributed by atoms with Gasteiger partial charge in [-0.1, -0.05) is 24.3 Å². The van der Waals surface area contributed by atoms with Gasteiger partial charge in [0.1, 0.15) is 5.82 Å². The maximum absolute atomic E-state index is 13.1. The molecule has 0 fully saturated rings. The fraction of sp³-hybridized carbons (Fsp3) is 0.250. The first-order valence-corrected chi connectivity index (χ1v) is 6.35. The number of benzene rings is 2. The number of nitrogens with one attached hydrogen (secondary N) is 1. The molecule has 0 aromatic heterocycles. The highest BCUT2D eigenvalue weighted by Crippen LogP contribution is 2.13. The van der Waals surface area contributed by atoms with E-state index in [0.29, 0.717) is 6.54 Å². The zero-order chi connectivity index (χ0) is 13.7. The summed E-state index contributed by atoms with van der Waals surface area (Å²) in [5, 5.41) is 3.32. The number of hydrogen-bond acceptors (Lipinski definition) is 2. The second-order valence-corrected chi connectivity index (χ2v) is 4.92. The van der Waals surface area contributed by atoms with E-state index in [1.807, 2.05) is 32.3 Å². The van der Waals surface area contributed by atoms with Crippen molar-refractivity contribution in [2.24, 2.45) is 0 Å². The third-order valence-corrected chi connectivity index (χ3v) is 2.81. The average molecular weight is 258 g/mol. The summed E-state index contributed by atoms with van der Waals surface area (Å²) in [5.41, 5.74) is 3.26. The fourth-order valence-corrected chi connectivity index (χ4v) is 2.00. The van der Waals surface area contributed by atoms with Crippen molar-refractivity contribution >= 4 is 5.69 Å². The molecule has 3 heteroatoms. The molecule has 2 aromatic carbocycles. The van der Waals surface area contributed by atoms with E-state index >= 15 is 0 Å². The first-order chi connectivity index (χ1) is 9.13. The van der Waals surface area contributed by atoms with Crippen LogP contribution in [0.2, 0.25) is 0 Å². The topological polar surface area (TPSA) is 15.3 Å². The summed E-state index contributed by atoms with van der Waals surface area (Å²) in [6, 6.07) is 14.9. The van der Waals surface area contributed by atoms with Crippen LogP contribution in [0.3, 0.4) is 0 Å². The van der Waals surface area contributed by atoms with E-state index < -0.39 is 0 Å². The van der Waals surface area contributed by atoms with Gasteiger partial charge in [-0.3, -0.25) is 0 Å². The van der Waals surface area contributed by atoms with Crippen molar-refractivity contribution in [2.75, 3.05) is 19.4 Å². The molecule has 2 nitrogen and oxygen atoms in total. The molecule has 0 aliphatic carbocycles. The van der Waals surface area contributed by atoms with Crippen LogP contribution < -0.4 is 5.32 Å². The van der Waals surface area contributed by atoms with Gasteiger partial charge in [0.05, 0.1) is 0 Å². The second-order valence-electron chi connectivity index (χ2n) is 4.92. The summed E-state index contributed by atoms with van der Waals surface area (Å²) in [6.07, 6.45) is 0. The summed E-state index contributed by atoms with van der Waals surface area (Å²) in [5.74, 6) is -0.194. The van der Waals surface area contributed by atoms with E-state index in [0.717, 1.165) is 17.8 Å². The van der Waals surface area contributed by atoms with E-state index in [2.05, 4.69) is 22.3 Å². The quantitative estimate of drug-likeness (QED) is 0.883. The van der Waals surface area contributed by atoms with Crippen LogP contribution in [0.1, 0.15) is 11.1 Å². The van der Waals surface area contributed by atoms with E-state index in [1.54, 1.807) is 12.1 Å². The molecule has 0 saturated carbocycles. The molecular weight excluding hydrogens is 239 g/mol. The van der Waals surface area contributed by atoms with Gasteiger partial charge in [-0.2, -0.15) is 0 Å². The van der Waals surface area contributed by atoms with E-state index in [4.69, 9.17) is 0 Å². The number of hydrogen-bond donors (Lipinski definition) is 1. The third-order valence-electron chi connectivity index (χ3n) is 2.81. The van der Waals surface area contributed by atoms with Crippen LogP contribution in [0.15, 0.2) is 48.5 Å². The molecule has 0 bridgehead atoms. The lowest BCUT2D eigenvalue weighted by atomic mass is 10.1. The highest BCUT2D eigenvalue weighted by Gasteiger charge is 1.99. The van der Waals surface area contributed by atoms with Crippen molar-refractivity contribution in [3.63, 3.8) is 0 Å². The first kappa shape index (κ1) is 13.6. The summed E-state index contributed by atoms with van der Waals surface area (Å²) in [4.78, 5) is 2.13. The lowest BCUT2D eigenvalue weighted by molar-refractivity contribution is 0.402. The Hall–Kier alpha value is -1.87. The minimum absolute atomic E-state index is 0.194. The van der Waals surface area contributed by atoms with Gasteiger partial charge in [0, 0.05) is 18.8 Å². The summed E-state index contributed by atoms with van der Waals surface area (Å²) in [6.45, 7) is 1.54. The van der Waals surface area contributed by atoms with Gasteiger partial charge in [-0.05, 0) is 49.5 Å². The molecule has 0 aliphatic rings. The molecule has 0 spiro atoms. The zero-order valence-corrected chi connectivity index (χ0v) is 11.4. The van der Waals surface area contributed by atoms with Gasteiger partial charge >= 0.3 is 0 Å². The van der Waals surface area contributed by atoms with Gasteiger partial charge in [-0.15, -0.1) is 0 Å². The molecule has 1 N–H and O–H groups in total. The zero-order valence-electron chi connectivity index (χ0n) is 11.4. The Morgan fingerprint density at radius 1 is 1.00 bits per heavy atom. The standard InChI is InChI=1S/C16H19FN2/c1-19(2)12-14-6-4-8-16(10-14)18-11-13-5-3-7-15(17)9-13/h3-10,18H,11-12H2,1-2H3. The highest BCUT2D eigenvalue weighted by atomic mass is 19.1. The molecule has 0 heterocycles. The molecule has 2 rings (SSSR count). The van der Waals surface area contributed by atoms with Crippen LogP contribution in [0.5, 0.6) is 0 Å². The van der Waals surface area contributed by atoms with E-state index in [9.17, 15) is 4.39 Å². The molecule has 0 saturated heterocycles. The molecule has 0 atom stereocenters. The predicted octanol–water partition coefficient (Wildman–Crippen LogP) is 3.50. The van der Waals surface area contributed by atoms with Crippen LogP contribution in [-0.2, 0) is 13.1 Å². The summed E-state index contributed by atoms with van der Waals surface area (Å²) >= 11 is 0. The van der Waals surface area contributed by atoms with Crippen LogP contribution in [0.25, 0.3) is 0 Å². The van der Waals surface area contributed by atoms with Crippen molar-refractivity contribution in [2.45, 2.75) is 13.1 Å². The van der Waals surface area contributed by atoms with E-state index in [1.165, 1.54) is 11.6 Å². The molecule has 2 aromatic rings.